The highest BCUT2D eigenvalue weighted by Crippen LogP contribution is 2.42. The minimum atomic E-state index is 0.815. The number of piperidine rings is 1. The lowest BCUT2D eigenvalue weighted by atomic mass is 9.90. The molecule has 3 rings (SSSR count). The molecule has 2 unspecified atom stereocenters. The zero-order chi connectivity index (χ0) is 10.3. The van der Waals surface area contributed by atoms with Crippen LogP contribution < -0.4 is 0 Å². The van der Waals surface area contributed by atoms with E-state index in [0.29, 0.717) is 0 Å². The lowest BCUT2D eigenvalue weighted by molar-refractivity contribution is 0.0687. The van der Waals surface area contributed by atoms with E-state index < -0.39 is 0 Å². The maximum atomic E-state index is 3.83. The molecule has 0 aromatic rings. The van der Waals surface area contributed by atoms with Crippen molar-refractivity contribution in [3.8, 4) is 0 Å². The summed E-state index contributed by atoms with van der Waals surface area (Å²) in [6.07, 6.45) is 13.2. The molecule has 1 saturated carbocycles. The number of rotatable bonds is 1. The van der Waals surface area contributed by atoms with Crippen molar-refractivity contribution in [2.75, 3.05) is 0 Å². The second-order valence-electron chi connectivity index (χ2n) is 5.69. The fourth-order valence-electron chi connectivity index (χ4n) is 4.12. The largest absolute Gasteiger partial charge is 0.294 e. The van der Waals surface area contributed by atoms with E-state index in [-0.39, 0.29) is 0 Å². The molecular weight excluding hydrogens is 250 g/mol. The number of alkyl halides is 1. The summed E-state index contributed by atoms with van der Waals surface area (Å²) in [5, 5.41) is 0. The second-order valence-corrected chi connectivity index (χ2v) is 6.99. The molecule has 0 amide bonds. The molecule has 2 bridgehead atoms. The number of fused-ring (bicyclic) bond motifs is 2. The van der Waals surface area contributed by atoms with Gasteiger partial charge in [-0.3, -0.25) is 4.90 Å². The quantitative estimate of drug-likeness (QED) is 0.658. The van der Waals surface area contributed by atoms with Gasteiger partial charge in [0.1, 0.15) is 0 Å². The third-order valence-corrected chi connectivity index (χ3v) is 5.48. The van der Waals surface area contributed by atoms with Gasteiger partial charge in [-0.2, -0.15) is 0 Å². The van der Waals surface area contributed by atoms with E-state index in [2.05, 4.69) is 20.8 Å². The molecule has 2 heterocycles. The van der Waals surface area contributed by atoms with Gasteiger partial charge in [0, 0.05) is 23.0 Å². The van der Waals surface area contributed by atoms with Crippen molar-refractivity contribution < 1.29 is 0 Å². The van der Waals surface area contributed by atoms with Crippen LogP contribution in [0.25, 0.3) is 0 Å². The number of nitrogens with zero attached hydrogens (tertiary/aromatic N) is 1. The van der Waals surface area contributed by atoms with Crippen molar-refractivity contribution in [3.63, 3.8) is 0 Å². The fraction of sp³-hybridized carbons (Fsp3) is 1.00. The molecule has 2 saturated heterocycles. The zero-order valence-electron chi connectivity index (χ0n) is 9.50. The normalized spacial score (nSPS) is 43.4. The van der Waals surface area contributed by atoms with Gasteiger partial charge >= 0.3 is 0 Å². The van der Waals surface area contributed by atoms with E-state index in [0.717, 1.165) is 23.0 Å². The van der Waals surface area contributed by atoms with Crippen molar-refractivity contribution in [1.29, 1.82) is 0 Å². The van der Waals surface area contributed by atoms with Gasteiger partial charge in [0.05, 0.1) is 0 Å². The predicted molar refractivity (Wildman–Crippen MR) is 67.5 cm³/mol. The summed E-state index contributed by atoms with van der Waals surface area (Å²) in [5.41, 5.74) is 0. The summed E-state index contributed by atoms with van der Waals surface area (Å²) in [7, 11) is 0. The monoisotopic (exact) mass is 271 g/mol. The maximum Gasteiger partial charge on any atom is 0.0175 e. The Morgan fingerprint density at radius 3 is 1.93 bits per heavy atom. The molecule has 0 radical (unpaired) electrons. The topological polar surface area (TPSA) is 3.24 Å². The first kappa shape index (κ1) is 10.6. The van der Waals surface area contributed by atoms with Crippen LogP contribution >= 0.6 is 15.9 Å². The highest BCUT2D eigenvalue weighted by atomic mass is 79.9. The van der Waals surface area contributed by atoms with E-state index in [1.54, 1.807) is 0 Å². The molecule has 1 nitrogen and oxygen atoms in total. The average molecular weight is 272 g/mol. The zero-order valence-corrected chi connectivity index (χ0v) is 11.1. The summed E-state index contributed by atoms with van der Waals surface area (Å²) in [5.74, 6) is 0. The molecule has 0 aromatic carbocycles. The molecule has 0 spiro atoms. The Kier molecular flexibility index (Phi) is 3.08. The van der Waals surface area contributed by atoms with Crippen LogP contribution in [0.1, 0.15) is 57.8 Å². The summed E-state index contributed by atoms with van der Waals surface area (Å²) in [4.78, 5) is 3.74. The van der Waals surface area contributed by atoms with Gasteiger partial charge in [0.15, 0.2) is 0 Å². The predicted octanol–water partition coefficient (Wildman–Crippen LogP) is 3.71. The Morgan fingerprint density at radius 2 is 1.33 bits per heavy atom. The fourth-order valence-corrected chi connectivity index (χ4v) is 4.99. The Balaban J connectivity index is 1.70. The van der Waals surface area contributed by atoms with Crippen LogP contribution in [-0.2, 0) is 0 Å². The van der Waals surface area contributed by atoms with Gasteiger partial charge in [0.2, 0.25) is 0 Å². The first-order valence-electron chi connectivity index (χ1n) is 6.76. The third-order valence-electron chi connectivity index (χ3n) is 4.73. The molecule has 0 N–H and O–H groups in total. The SMILES string of the molecule is BrC1CC2CCC(C1)N2C1CCCCC1. The molecule has 3 aliphatic rings. The minimum absolute atomic E-state index is 0.815. The van der Waals surface area contributed by atoms with E-state index >= 15 is 0 Å². The molecule has 0 aromatic heterocycles. The van der Waals surface area contributed by atoms with Crippen LogP contribution in [0.2, 0.25) is 0 Å². The number of halogens is 1. The molecule has 86 valence electrons. The van der Waals surface area contributed by atoms with Crippen molar-refractivity contribution in [2.45, 2.75) is 80.7 Å². The molecule has 3 fully saturated rings. The van der Waals surface area contributed by atoms with E-state index in [4.69, 9.17) is 0 Å². The highest BCUT2D eigenvalue weighted by molar-refractivity contribution is 9.09. The summed E-state index contributed by atoms with van der Waals surface area (Å²) in [6.45, 7) is 0. The Bertz CT molecular complexity index is 211. The smallest absolute Gasteiger partial charge is 0.0175 e. The van der Waals surface area contributed by atoms with Crippen LogP contribution in [-0.4, -0.2) is 27.9 Å². The number of hydrogen-bond donors (Lipinski definition) is 0. The Hall–Kier alpha value is 0.440. The molecule has 2 heteroatoms. The van der Waals surface area contributed by atoms with Crippen molar-refractivity contribution in [3.05, 3.63) is 0 Å². The van der Waals surface area contributed by atoms with Gasteiger partial charge in [-0.25, -0.2) is 0 Å². The van der Waals surface area contributed by atoms with Crippen LogP contribution in [0, 0.1) is 0 Å². The second kappa shape index (κ2) is 4.37. The lowest BCUT2D eigenvalue weighted by Crippen LogP contribution is -2.49. The van der Waals surface area contributed by atoms with Crippen molar-refractivity contribution in [1.82, 2.24) is 4.90 Å². The standard InChI is InChI=1S/C13H22BrN/c14-10-8-12-6-7-13(9-10)15(12)11-4-2-1-3-5-11/h10-13H,1-9H2. The first-order valence-corrected chi connectivity index (χ1v) is 7.67. The first-order chi connectivity index (χ1) is 7.34. The molecular formula is C13H22BrN. The van der Waals surface area contributed by atoms with Crippen molar-refractivity contribution in [2.24, 2.45) is 0 Å². The Labute approximate surface area is 102 Å². The highest BCUT2D eigenvalue weighted by Gasteiger charge is 2.43. The summed E-state index contributed by atoms with van der Waals surface area (Å²) in [6, 6.07) is 2.81. The molecule has 2 aliphatic heterocycles. The molecule has 15 heavy (non-hydrogen) atoms. The lowest BCUT2D eigenvalue weighted by Gasteiger charge is -2.44. The third kappa shape index (κ3) is 2.00. The van der Waals surface area contributed by atoms with Gasteiger partial charge in [-0.1, -0.05) is 35.2 Å². The van der Waals surface area contributed by atoms with Crippen LogP contribution in [0.4, 0.5) is 0 Å². The van der Waals surface area contributed by atoms with Gasteiger partial charge < -0.3 is 0 Å². The molecule has 2 atom stereocenters. The van der Waals surface area contributed by atoms with E-state index in [1.165, 1.54) is 57.8 Å². The van der Waals surface area contributed by atoms with Gasteiger partial charge in [0.25, 0.3) is 0 Å². The average Bonchev–Trinajstić information content (AvgIpc) is 2.53. The van der Waals surface area contributed by atoms with Gasteiger partial charge in [-0.05, 0) is 38.5 Å². The number of hydrogen-bond acceptors (Lipinski definition) is 1. The van der Waals surface area contributed by atoms with Crippen LogP contribution in [0.3, 0.4) is 0 Å². The van der Waals surface area contributed by atoms with E-state index in [9.17, 15) is 0 Å². The summed E-state index contributed by atoms with van der Waals surface area (Å²) >= 11 is 3.83. The van der Waals surface area contributed by atoms with E-state index in [1.807, 2.05) is 0 Å². The summed E-state index contributed by atoms with van der Waals surface area (Å²) < 4.78 is 0. The van der Waals surface area contributed by atoms with Crippen LogP contribution in [0.15, 0.2) is 0 Å². The Morgan fingerprint density at radius 1 is 0.733 bits per heavy atom. The van der Waals surface area contributed by atoms with Crippen LogP contribution in [0.5, 0.6) is 0 Å². The maximum absolute atomic E-state index is 3.83. The molecule has 1 aliphatic carbocycles. The van der Waals surface area contributed by atoms with Crippen molar-refractivity contribution >= 4 is 15.9 Å². The van der Waals surface area contributed by atoms with Gasteiger partial charge in [-0.15, -0.1) is 0 Å². The minimum Gasteiger partial charge on any atom is -0.294 e.